The van der Waals surface area contributed by atoms with E-state index in [1.165, 1.54) is 6.07 Å². The molecule has 2 N–H and O–H groups in total. The fraction of sp³-hybridized carbons (Fsp3) is 0.174. The van der Waals surface area contributed by atoms with Gasteiger partial charge in [0, 0.05) is 16.3 Å². The van der Waals surface area contributed by atoms with Gasteiger partial charge in [0.15, 0.2) is 0 Å². The van der Waals surface area contributed by atoms with E-state index in [0.717, 1.165) is 28.7 Å². The summed E-state index contributed by atoms with van der Waals surface area (Å²) in [5, 5.41) is 12.0. The van der Waals surface area contributed by atoms with Crippen molar-refractivity contribution in [3.63, 3.8) is 0 Å². The molecule has 0 saturated heterocycles. The van der Waals surface area contributed by atoms with Crippen molar-refractivity contribution < 1.29 is 27.8 Å². The number of fused-ring (bicyclic) bond motifs is 2. The SMILES string of the molecule is O=C(O)c1[nH]c2cc(C(F)(F)F)ccc2c1CCCOc1cccc2ccccc12. The first kappa shape index (κ1) is 19.8. The highest BCUT2D eigenvalue weighted by Crippen LogP contribution is 2.33. The quantitative estimate of drug-likeness (QED) is 0.378. The Morgan fingerprint density at radius 1 is 1.00 bits per heavy atom. The number of benzene rings is 3. The first-order valence-electron chi connectivity index (χ1n) is 9.40. The van der Waals surface area contributed by atoms with Crippen LogP contribution in [0.25, 0.3) is 21.7 Å². The van der Waals surface area contributed by atoms with Crippen molar-refractivity contribution in [2.45, 2.75) is 19.0 Å². The van der Waals surface area contributed by atoms with Crippen LogP contribution in [-0.4, -0.2) is 22.7 Å². The van der Waals surface area contributed by atoms with Crippen LogP contribution in [0.4, 0.5) is 13.2 Å². The highest BCUT2D eigenvalue weighted by molar-refractivity contribution is 5.97. The lowest BCUT2D eigenvalue weighted by atomic mass is 10.0. The van der Waals surface area contributed by atoms with Gasteiger partial charge in [0.05, 0.1) is 12.2 Å². The zero-order chi connectivity index (χ0) is 21.3. The van der Waals surface area contributed by atoms with Crippen LogP contribution in [0.3, 0.4) is 0 Å². The summed E-state index contributed by atoms with van der Waals surface area (Å²) in [5.74, 6) is -0.468. The highest BCUT2D eigenvalue weighted by Gasteiger charge is 2.31. The summed E-state index contributed by atoms with van der Waals surface area (Å²) in [4.78, 5) is 14.2. The number of hydrogen-bond donors (Lipinski definition) is 2. The molecule has 0 spiro atoms. The van der Waals surface area contributed by atoms with Crippen LogP contribution < -0.4 is 4.74 Å². The number of carboxylic acid groups (broad SMARTS) is 1. The third-order valence-corrected chi connectivity index (χ3v) is 5.03. The molecule has 0 atom stereocenters. The lowest BCUT2D eigenvalue weighted by Gasteiger charge is -2.10. The molecule has 0 fully saturated rings. The van der Waals surface area contributed by atoms with E-state index in [-0.39, 0.29) is 11.2 Å². The minimum absolute atomic E-state index is 0.0884. The number of aromatic nitrogens is 1. The average Bonchev–Trinajstić information content (AvgIpc) is 3.09. The van der Waals surface area contributed by atoms with E-state index >= 15 is 0 Å². The number of H-pyrrole nitrogens is 1. The lowest BCUT2D eigenvalue weighted by Crippen LogP contribution is -2.04. The molecule has 7 heteroatoms. The van der Waals surface area contributed by atoms with Crippen LogP contribution in [0.1, 0.15) is 28.0 Å². The van der Waals surface area contributed by atoms with Gasteiger partial charge in [0.2, 0.25) is 0 Å². The van der Waals surface area contributed by atoms with Crippen LogP contribution in [0.15, 0.2) is 60.7 Å². The molecule has 0 saturated carbocycles. The minimum atomic E-state index is -4.49. The second-order valence-corrected chi connectivity index (χ2v) is 6.97. The van der Waals surface area contributed by atoms with E-state index in [1.807, 2.05) is 42.5 Å². The van der Waals surface area contributed by atoms with E-state index in [9.17, 15) is 23.1 Å². The Bertz CT molecular complexity index is 1220. The molecule has 0 amide bonds. The number of alkyl halides is 3. The maximum Gasteiger partial charge on any atom is 0.416 e. The second kappa shape index (κ2) is 7.74. The van der Waals surface area contributed by atoms with Crippen molar-refractivity contribution in [3.8, 4) is 5.75 Å². The molecule has 0 aliphatic rings. The van der Waals surface area contributed by atoms with E-state index in [0.29, 0.717) is 30.4 Å². The number of ether oxygens (including phenoxy) is 1. The number of carbonyl (C=O) groups is 1. The lowest BCUT2D eigenvalue weighted by molar-refractivity contribution is -0.137. The molecule has 4 aromatic rings. The van der Waals surface area contributed by atoms with E-state index in [1.54, 1.807) is 0 Å². The molecule has 0 aliphatic heterocycles. The molecule has 0 aliphatic carbocycles. The van der Waals surface area contributed by atoms with Gasteiger partial charge < -0.3 is 14.8 Å². The Kier molecular flexibility index (Phi) is 5.11. The Balaban J connectivity index is 1.53. The van der Waals surface area contributed by atoms with Gasteiger partial charge in [0.25, 0.3) is 0 Å². The number of halogens is 3. The Morgan fingerprint density at radius 3 is 2.53 bits per heavy atom. The normalized spacial score (nSPS) is 11.8. The third kappa shape index (κ3) is 3.83. The van der Waals surface area contributed by atoms with Crippen molar-refractivity contribution >= 4 is 27.6 Å². The van der Waals surface area contributed by atoms with Gasteiger partial charge in [-0.15, -0.1) is 0 Å². The van der Waals surface area contributed by atoms with Gasteiger partial charge >= 0.3 is 12.1 Å². The number of carboxylic acids is 1. The molecule has 1 aromatic heterocycles. The fourth-order valence-electron chi connectivity index (χ4n) is 3.63. The van der Waals surface area contributed by atoms with E-state index in [2.05, 4.69) is 4.98 Å². The molecule has 0 radical (unpaired) electrons. The summed E-state index contributed by atoms with van der Waals surface area (Å²) in [5.41, 5.74) is -0.270. The van der Waals surface area contributed by atoms with Gasteiger partial charge in [-0.25, -0.2) is 4.79 Å². The number of aromatic carboxylic acids is 1. The Morgan fingerprint density at radius 2 is 1.77 bits per heavy atom. The first-order valence-corrected chi connectivity index (χ1v) is 9.40. The first-order chi connectivity index (χ1) is 14.3. The zero-order valence-electron chi connectivity index (χ0n) is 15.8. The monoisotopic (exact) mass is 413 g/mol. The molecule has 154 valence electrons. The predicted molar refractivity (Wildman–Crippen MR) is 108 cm³/mol. The van der Waals surface area contributed by atoms with Crippen molar-refractivity contribution in [2.75, 3.05) is 6.61 Å². The summed E-state index contributed by atoms with van der Waals surface area (Å²) in [7, 11) is 0. The molecular weight excluding hydrogens is 395 g/mol. The average molecular weight is 413 g/mol. The van der Waals surface area contributed by atoms with Gasteiger partial charge in [-0.3, -0.25) is 0 Å². The summed E-state index contributed by atoms with van der Waals surface area (Å²) >= 11 is 0. The molecule has 30 heavy (non-hydrogen) atoms. The Labute approximate surface area is 169 Å². The summed E-state index contributed by atoms with van der Waals surface area (Å²) in [6.07, 6.45) is -3.62. The van der Waals surface area contributed by atoms with Crippen LogP contribution in [-0.2, 0) is 12.6 Å². The molecule has 3 aromatic carbocycles. The van der Waals surface area contributed by atoms with Gasteiger partial charge in [-0.2, -0.15) is 13.2 Å². The number of aromatic amines is 1. The van der Waals surface area contributed by atoms with E-state index < -0.39 is 17.7 Å². The molecule has 4 rings (SSSR count). The van der Waals surface area contributed by atoms with Gasteiger partial charge in [-0.1, -0.05) is 42.5 Å². The number of aryl methyl sites for hydroxylation is 1. The van der Waals surface area contributed by atoms with Crippen molar-refractivity contribution in [3.05, 3.63) is 77.5 Å². The topological polar surface area (TPSA) is 62.3 Å². The molecule has 0 bridgehead atoms. The number of hydrogen-bond acceptors (Lipinski definition) is 2. The molecule has 4 nitrogen and oxygen atoms in total. The van der Waals surface area contributed by atoms with Gasteiger partial charge in [-0.05, 0) is 42.0 Å². The standard InChI is InChI=1S/C23H18F3NO3/c24-23(25,26)15-10-11-17-18(21(22(28)29)27-19(17)13-15)8-4-12-30-20-9-3-6-14-5-1-2-7-16(14)20/h1-3,5-7,9-11,13,27H,4,8,12H2,(H,28,29). The molecule has 1 heterocycles. The number of nitrogens with one attached hydrogen (secondary N) is 1. The fourth-order valence-corrected chi connectivity index (χ4v) is 3.63. The predicted octanol–water partition coefficient (Wildman–Crippen LogP) is 6.05. The summed E-state index contributed by atoms with van der Waals surface area (Å²) < 4.78 is 44.8. The van der Waals surface area contributed by atoms with Crippen LogP contribution in [0.5, 0.6) is 5.75 Å². The minimum Gasteiger partial charge on any atom is -0.493 e. The van der Waals surface area contributed by atoms with Crippen LogP contribution in [0.2, 0.25) is 0 Å². The van der Waals surface area contributed by atoms with Gasteiger partial charge in [0.1, 0.15) is 11.4 Å². The van der Waals surface area contributed by atoms with Crippen molar-refractivity contribution in [1.29, 1.82) is 0 Å². The molecule has 0 unspecified atom stereocenters. The Hall–Kier alpha value is -3.48. The van der Waals surface area contributed by atoms with Crippen molar-refractivity contribution in [2.24, 2.45) is 0 Å². The van der Waals surface area contributed by atoms with E-state index in [4.69, 9.17) is 4.74 Å². The second-order valence-electron chi connectivity index (χ2n) is 6.97. The smallest absolute Gasteiger partial charge is 0.416 e. The summed E-state index contributed by atoms with van der Waals surface area (Å²) in [6, 6.07) is 16.8. The maximum absolute atomic E-state index is 13.0. The largest absolute Gasteiger partial charge is 0.493 e. The summed E-state index contributed by atoms with van der Waals surface area (Å²) in [6.45, 7) is 0.348. The number of rotatable bonds is 6. The van der Waals surface area contributed by atoms with Crippen LogP contribution >= 0.6 is 0 Å². The van der Waals surface area contributed by atoms with Crippen molar-refractivity contribution in [1.82, 2.24) is 4.98 Å². The van der Waals surface area contributed by atoms with Crippen LogP contribution in [0, 0.1) is 0 Å². The maximum atomic E-state index is 13.0. The third-order valence-electron chi connectivity index (χ3n) is 5.03. The zero-order valence-corrected chi connectivity index (χ0v) is 15.8. The highest BCUT2D eigenvalue weighted by atomic mass is 19.4. The molecular formula is C23H18F3NO3.